The van der Waals surface area contributed by atoms with Crippen molar-refractivity contribution >= 4 is 17.5 Å². The molecule has 1 amide bonds. The normalized spacial score (nSPS) is 22.8. The van der Waals surface area contributed by atoms with Gasteiger partial charge in [-0.3, -0.25) is 9.59 Å². The van der Waals surface area contributed by atoms with Gasteiger partial charge in [-0.15, -0.1) is 0 Å². The van der Waals surface area contributed by atoms with E-state index in [-0.39, 0.29) is 24.1 Å². The van der Waals surface area contributed by atoms with Crippen LogP contribution in [0, 0.1) is 11.8 Å². The topological polar surface area (TPSA) is 64.0 Å². The Morgan fingerprint density at radius 2 is 1.92 bits per heavy atom. The molecule has 5 nitrogen and oxygen atoms in total. The number of amides is 1. The zero-order chi connectivity index (χ0) is 18.7. The van der Waals surface area contributed by atoms with Crippen molar-refractivity contribution < 1.29 is 4.79 Å². The minimum atomic E-state index is -0.289. The molecular formula is C20H24ClN3O2. The van der Waals surface area contributed by atoms with Gasteiger partial charge in [0, 0.05) is 22.7 Å². The average molecular weight is 374 g/mol. The van der Waals surface area contributed by atoms with E-state index in [2.05, 4.69) is 24.3 Å². The third kappa shape index (κ3) is 4.33. The highest BCUT2D eigenvalue weighted by Crippen LogP contribution is 2.29. The highest BCUT2D eigenvalue weighted by atomic mass is 35.5. The first kappa shape index (κ1) is 18.6. The number of hydrogen-bond acceptors (Lipinski definition) is 3. The molecule has 1 fully saturated rings. The van der Waals surface area contributed by atoms with E-state index >= 15 is 0 Å². The summed E-state index contributed by atoms with van der Waals surface area (Å²) >= 11 is 5.91. The highest BCUT2D eigenvalue weighted by molar-refractivity contribution is 6.30. The predicted molar refractivity (Wildman–Crippen MR) is 103 cm³/mol. The fourth-order valence-corrected chi connectivity index (χ4v) is 3.64. The van der Waals surface area contributed by atoms with Crippen LogP contribution in [0.1, 0.15) is 33.1 Å². The van der Waals surface area contributed by atoms with Crippen molar-refractivity contribution in [1.29, 1.82) is 0 Å². The van der Waals surface area contributed by atoms with Crippen molar-refractivity contribution in [2.24, 2.45) is 11.8 Å². The standard InChI is InChI=1S/C20H24ClN3O2/c1-13-4-3-5-17(14(13)2)22-19(25)12-24-20(26)11-10-18(23-24)15-6-8-16(21)9-7-15/h6-11,13-14,17H,3-5,12H2,1-2H3,(H,22,25)/t13-,14-,17-/m1/s1. The maximum absolute atomic E-state index is 12.4. The van der Waals surface area contributed by atoms with Gasteiger partial charge in [0.1, 0.15) is 6.54 Å². The molecule has 3 atom stereocenters. The molecule has 1 aliphatic carbocycles. The Balaban J connectivity index is 1.72. The number of hydrogen-bond donors (Lipinski definition) is 1. The first-order chi connectivity index (χ1) is 12.4. The summed E-state index contributed by atoms with van der Waals surface area (Å²) in [6, 6.07) is 10.5. The summed E-state index contributed by atoms with van der Waals surface area (Å²) in [6.45, 7) is 4.34. The minimum absolute atomic E-state index is 0.0716. The van der Waals surface area contributed by atoms with Gasteiger partial charge in [0.15, 0.2) is 0 Å². The van der Waals surface area contributed by atoms with Crippen LogP contribution >= 0.6 is 11.6 Å². The van der Waals surface area contributed by atoms with Crippen LogP contribution in [0.3, 0.4) is 0 Å². The molecule has 0 spiro atoms. The zero-order valence-corrected chi connectivity index (χ0v) is 15.9. The number of carbonyl (C=O) groups excluding carboxylic acids is 1. The van der Waals surface area contributed by atoms with E-state index in [1.54, 1.807) is 18.2 Å². The summed E-state index contributed by atoms with van der Waals surface area (Å²) in [7, 11) is 0. The number of nitrogens with zero attached hydrogens (tertiary/aromatic N) is 2. The summed E-state index contributed by atoms with van der Waals surface area (Å²) in [5.41, 5.74) is 1.19. The molecule has 6 heteroatoms. The van der Waals surface area contributed by atoms with E-state index < -0.39 is 0 Å². The van der Waals surface area contributed by atoms with Crippen molar-refractivity contribution in [3.05, 3.63) is 51.8 Å². The lowest BCUT2D eigenvalue weighted by Gasteiger charge is -2.34. The van der Waals surface area contributed by atoms with Gasteiger partial charge in [-0.05, 0) is 36.5 Å². The maximum Gasteiger partial charge on any atom is 0.267 e. The van der Waals surface area contributed by atoms with Crippen LogP contribution in [-0.4, -0.2) is 21.7 Å². The van der Waals surface area contributed by atoms with Crippen LogP contribution in [0.4, 0.5) is 0 Å². The van der Waals surface area contributed by atoms with Crippen molar-refractivity contribution in [2.45, 2.75) is 45.7 Å². The number of aromatic nitrogens is 2. The summed E-state index contributed by atoms with van der Waals surface area (Å²) in [5.74, 6) is 0.875. The molecule has 3 rings (SSSR count). The largest absolute Gasteiger partial charge is 0.351 e. The summed E-state index contributed by atoms with van der Waals surface area (Å²) in [4.78, 5) is 24.5. The lowest BCUT2D eigenvalue weighted by atomic mass is 9.78. The van der Waals surface area contributed by atoms with Crippen LogP contribution in [0.5, 0.6) is 0 Å². The second-order valence-corrected chi connectivity index (χ2v) is 7.60. The van der Waals surface area contributed by atoms with Crippen LogP contribution in [0.15, 0.2) is 41.2 Å². The minimum Gasteiger partial charge on any atom is -0.351 e. The van der Waals surface area contributed by atoms with Gasteiger partial charge in [0.2, 0.25) is 5.91 Å². The third-order valence-corrected chi connectivity index (χ3v) is 5.61. The lowest BCUT2D eigenvalue weighted by molar-refractivity contribution is -0.123. The van der Waals surface area contributed by atoms with Gasteiger partial charge in [0.05, 0.1) is 5.69 Å². The smallest absolute Gasteiger partial charge is 0.267 e. The van der Waals surface area contributed by atoms with Gasteiger partial charge >= 0.3 is 0 Å². The fourth-order valence-electron chi connectivity index (χ4n) is 3.51. The lowest BCUT2D eigenvalue weighted by Crippen LogP contribution is -2.45. The van der Waals surface area contributed by atoms with Gasteiger partial charge in [-0.2, -0.15) is 5.10 Å². The van der Waals surface area contributed by atoms with E-state index in [4.69, 9.17) is 11.6 Å². The van der Waals surface area contributed by atoms with Gasteiger partial charge in [-0.25, -0.2) is 4.68 Å². The van der Waals surface area contributed by atoms with Gasteiger partial charge in [0.25, 0.3) is 5.56 Å². The molecule has 138 valence electrons. The molecule has 1 aliphatic rings. The Morgan fingerprint density at radius 1 is 1.19 bits per heavy atom. The number of rotatable bonds is 4. The van der Waals surface area contributed by atoms with E-state index in [1.165, 1.54) is 17.2 Å². The first-order valence-corrected chi connectivity index (χ1v) is 9.45. The first-order valence-electron chi connectivity index (χ1n) is 9.07. The fraction of sp³-hybridized carbons (Fsp3) is 0.450. The number of benzene rings is 1. The van der Waals surface area contributed by atoms with Gasteiger partial charge in [-0.1, -0.05) is 50.4 Å². The van der Waals surface area contributed by atoms with Crippen molar-refractivity contribution in [2.75, 3.05) is 0 Å². The Morgan fingerprint density at radius 3 is 2.65 bits per heavy atom. The molecule has 0 bridgehead atoms. The molecule has 2 aromatic rings. The summed E-state index contributed by atoms with van der Waals surface area (Å²) in [5, 5.41) is 8.06. The molecule has 1 aromatic heterocycles. The van der Waals surface area contributed by atoms with Crippen LogP contribution in [-0.2, 0) is 11.3 Å². The molecule has 1 N–H and O–H groups in total. The molecule has 0 aliphatic heterocycles. The molecule has 1 heterocycles. The van der Waals surface area contributed by atoms with E-state index in [9.17, 15) is 9.59 Å². The number of carbonyl (C=O) groups is 1. The molecule has 26 heavy (non-hydrogen) atoms. The van der Waals surface area contributed by atoms with Gasteiger partial charge < -0.3 is 5.32 Å². The second-order valence-electron chi connectivity index (χ2n) is 7.16. The maximum atomic E-state index is 12.4. The molecule has 1 saturated carbocycles. The Hall–Kier alpha value is -2.14. The SMILES string of the molecule is C[C@@H]1[C@H](C)CCC[C@H]1NC(=O)Cn1nc(-c2ccc(Cl)cc2)ccc1=O. The van der Waals surface area contributed by atoms with E-state index in [0.717, 1.165) is 18.4 Å². The summed E-state index contributed by atoms with van der Waals surface area (Å²) in [6.07, 6.45) is 3.32. The van der Waals surface area contributed by atoms with Crippen molar-refractivity contribution in [1.82, 2.24) is 15.1 Å². The molecule has 0 unspecified atom stereocenters. The second kappa shape index (κ2) is 8.04. The molecule has 1 aromatic carbocycles. The Labute approximate surface area is 158 Å². The Bertz CT molecular complexity index is 832. The molecule has 0 saturated heterocycles. The molecular weight excluding hydrogens is 350 g/mol. The number of halogens is 1. The quantitative estimate of drug-likeness (QED) is 0.892. The zero-order valence-electron chi connectivity index (χ0n) is 15.1. The predicted octanol–water partition coefficient (Wildman–Crippen LogP) is 3.50. The van der Waals surface area contributed by atoms with Crippen LogP contribution in [0.2, 0.25) is 5.02 Å². The third-order valence-electron chi connectivity index (χ3n) is 5.35. The summed E-state index contributed by atoms with van der Waals surface area (Å²) < 4.78 is 1.22. The monoisotopic (exact) mass is 373 g/mol. The Kier molecular flexibility index (Phi) is 5.77. The van der Waals surface area contributed by atoms with Crippen molar-refractivity contribution in [3.8, 4) is 11.3 Å². The molecule has 0 radical (unpaired) electrons. The van der Waals surface area contributed by atoms with E-state index in [0.29, 0.717) is 22.6 Å². The highest BCUT2D eigenvalue weighted by Gasteiger charge is 2.28. The number of nitrogens with one attached hydrogen (secondary N) is 1. The van der Waals surface area contributed by atoms with Crippen LogP contribution < -0.4 is 10.9 Å². The van der Waals surface area contributed by atoms with Crippen LogP contribution in [0.25, 0.3) is 11.3 Å². The van der Waals surface area contributed by atoms with E-state index in [1.807, 2.05) is 12.1 Å². The average Bonchev–Trinajstić information content (AvgIpc) is 2.62. The van der Waals surface area contributed by atoms with Crippen molar-refractivity contribution in [3.63, 3.8) is 0 Å².